The Morgan fingerprint density at radius 3 is 2.43 bits per heavy atom. The molecular weight excluding hydrogens is 319 g/mol. The highest BCUT2D eigenvalue weighted by Gasteiger charge is 2.31. The molecule has 0 aliphatic rings. The van der Waals surface area contributed by atoms with E-state index in [2.05, 4.69) is 4.98 Å². The van der Waals surface area contributed by atoms with Crippen molar-refractivity contribution in [3.8, 4) is 0 Å². The number of hydrogen-bond acceptors (Lipinski definition) is 4. The van der Waals surface area contributed by atoms with Crippen LogP contribution in [0, 0.1) is 5.82 Å². The van der Waals surface area contributed by atoms with E-state index in [1.807, 2.05) is 5.32 Å². The number of aromatic nitrogens is 1. The number of nitrogens with zero attached hydrogens (tertiary/aromatic N) is 1. The molecule has 2 aromatic rings. The number of rotatable bonds is 3. The van der Waals surface area contributed by atoms with E-state index in [1.54, 1.807) is 0 Å². The molecule has 0 atom stereocenters. The van der Waals surface area contributed by atoms with Gasteiger partial charge in [0.1, 0.15) is 11.6 Å². The summed E-state index contributed by atoms with van der Waals surface area (Å²) in [6, 6.07) is 4.16. The van der Waals surface area contributed by atoms with Gasteiger partial charge in [0.05, 0.1) is 11.1 Å². The predicted molar refractivity (Wildman–Crippen MR) is 73.4 cm³/mol. The second kappa shape index (κ2) is 6.35. The summed E-state index contributed by atoms with van der Waals surface area (Å²) in [7, 11) is -1.91. The highest BCUT2D eigenvalue weighted by Crippen LogP contribution is 2.29. The lowest BCUT2D eigenvalue weighted by Crippen LogP contribution is -2.30. The third-order valence-corrected chi connectivity index (χ3v) is 2.86. The first-order chi connectivity index (χ1) is 10.7. The lowest BCUT2D eigenvalue weighted by atomic mass is 9.80. The lowest BCUT2D eigenvalue weighted by molar-refractivity contribution is -0.137. The number of carbonyl (C=O) groups is 1. The number of halogens is 4. The van der Waals surface area contributed by atoms with Crippen molar-refractivity contribution in [1.29, 1.82) is 0 Å². The van der Waals surface area contributed by atoms with Crippen LogP contribution in [0.3, 0.4) is 0 Å². The third-order valence-electron chi connectivity index (χ3n) is 2.86. The Labute approximate surface area is 127 Å². The predicted octanol–water partition coefficient (Wildman–Crippen LogP) is 1.17. The average Bonchev–Trinajstić information content (AvgIpc) is 2.46. The number of alkyl halides is 3. The van der Waals surface area contributed by atoms with Crippen molar-refractivity contribution in [2.45, 2.75) is 6.18 Å². The van der Waals surface area contributed by atoms with E-state index < -0.39 is 42.0 Å². The minimum absolute atomic E-state index is 0.170. The van der Waals surface area contributed by atoms with Crippen LogP contribution in [0.15, 0.2) is 36.5 Å². The molecular formula is C13H9BF4N2O3. The fourth-order valence-electron chi connectivity index (χ4n) is 1.73. The first kappa shape index (κ1) is 16.9. The third kappa shape index (κ3) is 4.05. The summed E-state index contributed by atoms with van der Waals surface area (Å²) in [5.74, 6) is -2.47. The van der Waals surface area contributed by atoms with Crippen LogP contribution in [0.25, 0.3) is 0 Å². The van der Waals surface area contributed by atoms with Crippen LogP contribution in [-0.4, -0.2) is 28.1 Å². The largest absolute Gasteiger partial charge is 0.488 e. The van der Waals surface area contributed by atoms with Crippen molar-refractivity contribution in [3.05, 3.63) is 53.5 Å². The summed E-state index contributed by atoms with van der Waals surface area (Å²) >= 11 is 0. The number of anilines is 1. The molecule has 0 radical (unpaired) electrons. The average molecular weight is 328 g/mol. The van der Waals surface area contributed by atoms with Gasteiger partial charge in [0.2, 0.25) is 0 Å². The molecule has 0 saturated carbocycles. The first-order valence-corrected chi connectivity index (χ1v) is 6.18. The molecule has 0 spiro atoms. The topological polar surface area (TPSA) is 82.5 Å². The lowest BCUT2D eigenvalue weighted by Gasteiger charge is -2.10. The number of amides is 1. The van der Waals surface area contributed by atoms with Crippen molar-refractivity contribution in [1.82, 2.24) is 4.98 Å². The van der Waals surface area contributed by atoms with Crippen LogP contribution in [0.5, 0.6) is 0 Å². The SMILES string of the molecule is O=C(Nc1cc(C(F)(F)F)ccn1)c1ccc(B(O)O)cc1F. The second-order valence-corrected chi connectivity index (χ2v) is 4.49. The van der Waals surface area contributed by atoms with E-state index in [4.69, 9.17) is 10.0 Å². The first-order valence-electron chi connectivity index (χ1n) is 6.18. The molecule has 1 heterocycles. The molecule has 23 heavy (non-hydrogen) atoms. The summed E-state index contributed by atoms with van der Waals surface area (Å²) in [6.07, 6.45) is -3.74. The van der Waals surface area contributed by atoms with Gasteiger partial charge in [-0.1, -0.05) is 6.07 Å². The Bertz CT molecular complexity index is 737. The maximum absolute atomic E-state index is 13.7. The number of carbonyl (C=O) groups excluding carboxylic acids is 1. The van der Waals surface area contributed by atoms with Crippen molar-refractivity contribution in [3.63, 3.8) is 0 Å². The van der Waals surface area contributed by atoms with E-state index in [0.717, 1.165) is 30.5 Å². The number of pyridine rings is 1. The van der Waals surface area contributed by atoms with Gasteiger partial charge in [-0.2, -0.15) is 13.2 Å². The molecule has 0 fully saturated rings. The van der Waals surface area contributed by atoms with Gasteiger partial charge in [-0.15, -0.1) is 0 Å². The molecule has 0 bridgehead atoms. The highest BCUT2D eigenvalue weighted by molar-refractivity contribution is 6.58. The summed E-state index contributed by atoms with van der Waals surface area (Å²) in [4.78, 5) is 15.4. The quantitative estimate of drug-likeness (QED) is 0.584. The summed E-state index contributed by atoms with van der Waals surface area (Å²) in [6.45, 7) is 0. The molecule has 0 unspecified atom stereocenters. The monoisotopic (exact) mass is 328 g/mol. The summed E-state index contributed by atoms with van der Waals surface area (Å²) in [5, 5.41) is 19.8. The Morgan fingerprint density at radius 1 is 1.17 bits per heavy atom. The van der Waals surface area contributed by atoms with E-state index in [-0.39, 0.29) is 5.46 Å². The molecule has 3 N–H and O–H groups in total. The van der Waals surface area contributed by atoms with Crippen LogP contribution in [0.2, 0.25) is 0 Å². The Balaban J connectivity index is 2.23. The van der Waals surface area contributed by atoms with Gasteiger partial charge in [0.15, 0.2) is 0 Å². The van der Waals surface area contributed by atoms with E-state index in [0.29, 0.717) is 6.07 Å². The molecule has 5 nitrogen and oxygen atoms in total. The zero-order chi connectivity index (χ0) is 17.2. The summed E-state index contributed by atoms with van der Waals surface area (Å²) < 4.78 is 51.4. The standard InChI is InChI=1S/C13H9BF4N2O3/c15-10-6-8(14(22)23)1-2-9(10)12(21)20-11-5-7(3-4-19-11)13(16,17)18/h1-6,22-23H,(H,19,20,21). The number of hydrogen-bond donors (Lipinski definition) is 3. The van der Waals surface area contributed by atoms with Crippen LogP contribution < -0.4 is 10.8 Å². The van der Waals surface area contributed by atoms with Gasteiger partial charge >= 0.3 is 13.3 Å². The van der Waals surface area contributed by atoms with Crippen molar-refractivity contribution >= 4 is 24.3 Å². The van der Waals surface area contributed by atoms with Crippen molar-refractivity contribution < 1.29 is 32.4 Å². The summed E-state index contributed by atoms with van der Waals surface area (Å²) in [5.41, 5.74) is -1.66. The Kier molecular flexibility index (Phi) is 4.67. The molecule has 1 aromatic carbocycles. The van der Waals surface area contributed by atoms with Gasteiger partial charge in [0.25, 0.3) is 5.91 Å². The fraction of sp³-hybridized carbons (Fsp3) is 0.0769. The molecule has 120 valence electrons. The molecule has 0 aliphatic carbocycles. The van der Waals surface area contributed by atoms with E-state index in [1.165, 1.54) is 0 Å². The zero-order valence-electron chi connectivity index (χ0n) is 11.3. The smallest absolute Gasteiger partial charge is 0.423 e. The van der Waals surface area contributed by atoms with Crippen LogP contribution in [0.1, 0.15) is 15.9 Å². The van der Waals surface area contributed by atoms with Gasteiger partial charge in [-0.25, -0.2) is 9.37 Å². The van der Waals surface area contributed by atoms with Crippen LogP contribution >= 0.6 is 0 Å². The maximum atomic E-state index is 13.7. The van der Waals surface area contributed by atoms with Crippen LogP contribution in [0.4, 0.5) is 23.4 Å². The maximum Gasteiger partial charge on any atom is 0.488 e. The van der Waals surface area contributed by atoms with Crippen molar-refractivity contribution in [2.24, 2.45) is 0 Å². The number of nitrogens with one attached hydrogen (secondary N) is 1. The number of benzene rings is 1. The van der Waals surface area contributed by atoms with Gasteiger partial charge in [-0.3, -0.25) is 4.79 Å². The minimum atomic E-state index is -4.60. The molecule has 0 saturated heterocycles. The van der Waals surface area contributed by atoms with E-state index in [9.17, 15) is 22.4 Å². The van der Waals surface area contributed by atoms with Gasteiger partial charge < -0.3 is 15.4 Å². The second-order valence-electron chi connectivity index (χ2n) is 4.49. The Morgan fingerprint density at radius 2 is 1.87 bits per heavy atom. The van der Waals surface area contributed by atoms with Crippen LogP contribution in [-0.2, 0) is 6.18 Å². The Hall–Kier alpha value is -2.46. The minimum Gasteiger partial charge on any atom is -0.423 e. The molecule has 1 aromatic heterocycles. The van der Waals surface area contributed by atoms with Gasteiger partial charge in [0, 0.05) is 6.20 Å². The normalized spacial score (nSPS) is 11.2. The highest BCUT2D eigenvalue weighted by atomic mass is 19.4. The zero-order valence-corrected chi connectivity index (χ0v) is 11.3. The van der Waals surface area contributed by atoms with E-state index >= 15 is 0 Å². The van der Waals surface area contributed by atoms with Crippen molar-refractivity contribution in [2.75, 3.05) is 5.32 Å². The molecule has 2 rings (SSSR count). The molecule has 0 aliphatic heterocycles. The fourth-order valence-corrected chi connectivity index (χ4v) is 1.73. The molecule has 10 heteroatoms. The van der Waals surface area contributed by atoms with Gasteiger partial charge in [-0.05, 0) is 29.7 Å². The molecule has 1 amide bonds.